The monoisotopic (exact) mass is 348 g/mol. The number of rotatable bonds is 6. The van der Waals surface area contributed by atoms with Crippen LogP contribution in [0.1, 0.15) is 32.6 Å². The predicted molar refractivity (Wildman–Crippen MR) is 97.7 cm³/mol. The Morgan fingerprint density at radius 2 is 2.12 bits per heavy atom. The van der Waals surface area contributed by atoms with E-state index in [1.807, 2.05) is 6.92 Å². The summed E-state index contributed by atoms with van der Waals surface area (Å²) in [6, 6.07) is 6.89. The maximum absolute atomic E-state index is 12.1. The molecule has 1 aromatic rings. The fraction of sp³-hybridized carbons (Fsp3) is 0.500. The Hall–Kier alpha value is -2.00. The third-order valence-electron chi connectivity index (χ3n) is 4.05. The lowest BCUT2D eigenvalue weighted by Crippen LogP contribution is -2.42. The lowest BCUT2D eigenvalue weighted by atomic mass is 9.95. The molecule has 0 saturated heterocycles. The molecule has 5 nitrogen and oxygen atoms in total. The number of hydrogen-bond donors (Lipinski definition) is 2. The molecule has 0 heterocycles. The third-order valence-corrected chi connectivity index (χ3v) is 5.79. The second kappa shape index (κ2) is 9.33. The number of carbonyl (C=O) groups excluding carboxylic acids is 1. The first-order valence-electron chi connectivity index (χ1n) is 8.23. The standard InChI is InChI=1S/C18H24N2O3S/c1-3-12-23-16-10-8-14(9-11-16)19-18(21)20-15-6-5-7-17(13-15)24(22)4-2/h1,8-11,15,17H,4-7,12-13H2,2H3,(H2,19,20,21)/t15-,17-,24+/m1/s1. The zero-order valence-corrected chi connectivity index (χ0v) is 14.7. The van der Waals surface area contributed by atoms with Crippen LogP contribution in [0, 0.1) is 12.3 Å². The maximum atomic E-state index is 12.1. The van der Waals surface area contributed by atoms with E-state index in [1.165, 1.54) is 0 Å². The van der Waals surface area contributed by atoms with Crippen molar-refractivity contribution in [2.24, 2.45) is 0 Å². The highest BCUT2D eigenvalue weighted by Crippen LogP contribution is 2.23. The summed E-state index contributed by atoms with van der Waals surface area (Å²) >= 11 is 0. The second-order valence-electron chi connectivity index (χ2n) is 5.77. The molecule has 2 amide bonds. The molecular formula is C18H24N2O3S. The molecule has 0 radical (unpaired) electrons. The first-order valence-corrected chi connectivity index (χ1v) is 9.61. The van der Waals surface area contributed by atoms with Crippen LogP contribution in [-0.4, -0.2) is 33.9 Å². The van der Waals surface area contributed by atoms with E-state index in [1.54, 1.807) is 24.3 Å². The van der Waals surface area contributed by atoms with Crippen molar-refractivity contribution in [3.05, 3.63) is 24.3 Å². The lowest BCUT2D eigenvalue weighted by molar-refractivity contribution is 0.244. The van der Waals surface area contributed by atoms with Gasteiger partial charge in [0.25, 0.3) is 0 Å². The Bertz CT molecular complexity index is 610. The average molecular weight is 348 g/mol. The number of ether oxygens (including phenoxy) is 1. The van der Waals surface area contributed by atoms with Gasteiger partial charge in [-0.05, 0) is 43.5 Å². The van der Waals surface area contributed by atoms with Gasteiger partial charge in [0, 0.05) is 33.5 Å². The molecule has 0 aliphatic heterocycles. The topological polar surface area (TPSA) is 67.4 Å². The van der Waals surface area contributed by atoms with Crippen molar-refractivity contribution in [3.8, 4) is 18.1 Å². The summed E-state index contributed by atoms with van der Waals surface area (Å²) in [6.07, 6.45) is 8.85. The van der Waals surface area contributed by atoms with Crippen LogP contribution in [0.4, 0.5) is 10.5 Å². The van der Waals surface area contributed by atoms with Gasteiger partial charge in [0.15, 0.2) is 0 Å². The van der Waals surface area contributed by atoms with E-state index in [-0.39, 0.29) is 23.9 Å². The Balaban J connectivity index is 1.82. The molecule has 130 valence electrons. The van der Waals surface area contributed by atoms with Gasteiger partial charge in [-0.3, -0.25) is 4.21 Å². The SMILES string of the molecule is C#CCOc1ccc(NC(=O)N[C@@H]2CCC[C@@H]([S@@](=O)CC)C2)cc1. The van der Waals surface area contributed by atoms with Gasteiger partial charge in [-0.2, -0.15) is 0 Å². The molecule has 2 rings (SSSR count). The van der Waals surface area contributed by atoms with Gasteiger partial charge in [0.2, 0.25) is 0 Å². The summed E-state index contributed by atoms with van der Waals surface area (Å²) in [7, 11) is -0.792. The quantitative estimate of drug-likeness (QED) is 0.777. The average Bonchev–Trinajstić information content (AvgIpc) is 2.60. The van der Waals surface area contributed by atoms with Crippen LogP contribution in [0.5, 0.6) is 5.75 Å². The molecule has 6 heteroatoms. The van der Waals surface area contributed by atoms with Crippen molar-refractivity contribution < 1.29 is 13.7 Å². The van der Waals surface area contributed by atoms with Crippen molar-refractivity contribution >= 4 is 22.5 Å². The second-order valence-corrected chi connectivity index (χ2v) is 7.78. The zero-order chi connectivity index (χ0) is 17.4. The molecule has 2 N–H and O–H groups in total. The van der Waals surface area contributed by atoms with Gasteiger partial charge in [-0.25, -0.2) is 4.79 Å². The minimum Gasteiger partial charge on any atom is -0.481 e. The molecule has 0 spiro atoms. The minimum atomic E-state index is -0.792. The lowest BCUT2D eigenvalue weighted by Gasteiger charge is -2.29. The Labute approximate surface area is 146 Å². The maximum Gasteiger partial charge on any atom is 0.319 e. The number of urea groups is 1. The molecular weight excluding hydrogens is 324 g/mol. The van der Waals surface area contributed by atoms with Gasteiger partial charge in [0.05, 0.1) is 0 Å². The zero-order valence-electron chi connectivity index (χ0n) is 13.9. The molecule has 1 fully saturated rings. The molecule has 1 saturated carbocycles. The predicted octanol–water partition coefficient (Wildman–Crippen LogP) is 2.90. The summed E-state index contributed by atoms with van der Waals surface area (Å²) < 4.78 is 17.2. The summed E-state index contributed by atoms with van der Waals surface area (Å²) in [5, 5.41) is 5.99. The summed E-state index contributed by atoms with van der Waals surface area (Å²) in [5.74, 6) is 3.74. The number of nitrogens with one attached hydrogen (secondary N) is 2. The molecule has 0 unspecified atom stereocenters. The van der Waals surface area contributed by atoms with Gasteiger partial charge >= 0.3 is 6.03 Å². The van der Waals surface area contributed by atoms with E-state index in [4.69, 9.17) is 11.2 Å². The van der Waals surface area contributed by atoms with Crippen molar-refractivity contribution in [1.29, 1.82) is 0 Å². The summed E-state index contributed by atoms with van der Waals surface area (Å²) in [5.41, 5.74) is 0.685. The highest BCUT2D eigenvalue weighted by molar-refractivity contribution is 7.85. The van der Waals surface area contributed by atoms with Crippen LogP contribution in [0.2, 0.25) is 0 Å². The van der Waals surface area contributed by atoms with Gasteiger partial charge in [-0.15, -0.1) is 6.42 Å². The third kappa shape index (κ3) is 5.57. The molecule has 24 heavy (non-hydrogen) atoms. The fourth-order valence-corrected chi connectivity index (χ4v) is 4.21. The number of amides is 2. The van der Waals surface area contributed by atoms with Crippen LogP contribution in [0.25, 0.3) is 0 Å². The van der Waals surface area contributed by atoms with E-state index >= 15 is 0 Å². The van der Waals surface area contributed by atoms with E-state index < -0.39 is 10.8 Å². The van der Waals surface area contributed by atoms with Gasteiger partial charge < -0.3 is 15.4 Å². The van der Waals surface area contributed by atoms with Gasteiger partial charge in [0.1, 0.15) is 12.4 Å². The van der Waals surface area contributed by atoms with Crippen molar-refractivity contribution in [2.75, 3.05) is 17.7 Å². The first kappa shape index (κ1) is 18.3. The highest BCUT2D eigenvalue weighted by Gasteiger charge is 2.26. The smallest absolute Gasteiger partial charge is 0.319 e. The number of hydrogen-bond acceptors (Lipinski definition) is 3. The Morgan fingerprint density at radius 3 is 2.79 bits per heavy atom. The number of terminal acetylenes is 1. The Kier molecular flexibility index (Phi) is 7.13. The van der Waals surface area contributed by atoms with Crippen molar-refractivity contribution in [3.63, 3.8) is 0 Å². The number of anilines is 1. The first-order chi connectivity index (χ1) is 11.6. The highest BCUT2D eigenvalue weighted by atomic mass is 32.2. The van der Waals surface area contributed by atoms with Crippen LogP contribution in [0.15, 0.2) is 24.3 Å². The molecule has 3 atom stereocenters. The van der Waals surface area contributed by atoms with Crippen LogP contribution < -0.4 is 15.4 Å². The number of benzene rings is 1. The fourth-order valence-electron chi connectivity index (χ4n) is 2.86. The van der Waals surface area contributed by atoms with E-state index in [0.717, 1.165) is 25.7 Å². The van der Waals surface area contributed by atoms with Crippen LogP contribution >= 0.6 is 0 Å². The van der Waals surface area contributed by atoms with E-state index in [2.05, 4.69) is 16.6 Å². The molecule has 0 bridgehead atoms. The summed E-state index contributed by atoms with van der Waals surface area (Å²) in [4.78, 5) is 12.1. The van der Waals surface area contributed by atoms with Crippen LogP contribution in [0.3, 0.4) is 0 Å². The van der Waals surface area contributed by atoms with E-state index in [0.29, 0.717) is 17.2 Å². The van der Waals surface area contributed by atoms with E-state index in [9.17, 15) is 9.00 Å². The van der Waals surface area contributed by atoms with Crippen LogP contribution in [-0.2, 0) is 10.8 Å². The Morgan fingerprint density at radius 1 is 1.38 bits per heavy atom. The normalized spacial score (nSPS) is 21.3. The molecule has 1 aliphatic rings. The number of carbonyl (C=O) groups is 1. The molecule has 0 aromatic heterocycles. The minimum absolute atomic E-state index is 0.0810. The molecule has 1 aromatic carbocycles. The van der Waals surface area contributed by atoms with Gasteiger partial charge in [-0.1, -0.05) is 19.3 Å². The summed E-state index contributed by atoms with van der Waals surface area (Å²) in [6.45, 7) is 2.16. The van der Waals surface area contributed by atoms with Crippen molar-refractivity contribution in [1.82, 2.24) is 5.32 Å². The largest absolute Gasteiger partial charge is 0.481 e. The van der Waals surface area contributed by atoms with Crippen molar-refractivity contribution in [2.45, 2.75) is 43.9 Å². The molecule has 1 aliphatic carbocycles.